The number of rotatable bonds is 3. The second-order valence-electron chi connectivity index (χ2n) is 4.99. The van der Waals surface area contributed by atoms with Crippen molar-refractivity contribution in [1.29, 1.82) is 0 Å². The number of fused-ring (bicyclic) bond motifs is 1. The number of halogens is 3. The third-order valence-electron chi connectivity index (χ3n) is 3.62. The van der Waals surface area contributed by atoms with Gasteiger partial charge in [-0.25, -0.2) is 13.6 Å². The number of carboxylic acids is 1. The van der Waals surface area contributed by atoms with E-state index >= 15 is 0 Å². The Hall–Kier alpha value is -2.51. The second-order valence-corrected chi connectivity index (χ2v) is 4.99. The molecule has 1 heterocycles. The van der Waals surface area contributed by atoms with Crippen molar-refractivity contribution in [2.75, 3.05) is 7.11 Å². The summed E-state index contributed by atoms with van der Waals surface area (Å²) in [6, 6.07) is 0.577. The van der Waals surface area contributed by atoms with E-state index in [0.717, 1.165) is 17.7 Å². The summed E-state index contributed by atoms with van der Waals surface area (Å²) in [6.45, 7) is 0. The lowest BCUT2D eigenvalue weighted by Crippen LogP contribution is -2.19. The van der Waals surface area contributed by atoms with Crippen molar-refractivity contribution in [3.8, 4) is 5.75 Å². The van der Waals surface area contributed by atoms with Gasteiger partial charge in [0.25, 0.3) is 0 Å². The van der Waals surface area contributed by atoms with E-state index in [-0.39, 0.29) is 17.3 Å². The molecular weight excluding hydrogens is 303 g/mol. The number of benzene rings is 1. The van der Waals surface area contributed by atoms with E-state index in [0.29, 0.717) is 6.07 Å². The molecule has 1 aromatic carbocycles. The van der Waals surface area contributed by atoms with Crippen molar-refractivity contribution >= 4 is 16.9 Å². The molecule has 2 aromatic rings. The first-order valence-corrected chi connectivity index (χ1v) is 6.35. The van der Waals surface area contributed by atoms with Gasteiger partial charge >= 0.3 is 5.97 Å². The van der Waals surface area contributed by atoms with Gasteiger partial charge in [-0.2, -0.15) is 4.39 Å². The lowest BCUT2D eigenvalue weighted by atomic mass is 10.1. The van der Waals surface area contributed by atoms with Crippen molar-refractivity contribution in [1.82, 2.24) is 4.57 Å². The Balaban J connectivity index is 2.53. The molecule has 0 saturated heterocycles. The van der Waals surface area contributed by atoms with Crippen LogP contribution in [0.5, 0.6) is 5.75 Å². The zero-order chi connectivity index (χ0) is 16.2. The predicted octanol–water partition coefficient (Wildman–Crippen LogP) is 2.27. The summed E-state index contributed by atoms with van der Waals surface area (Å²) < 4.78 is 46.7. The van der Waals surface area contributed by atoms with Crippen LogP contribution in [0.15, 0.2) is 16.9 Å². The molecule has 116 valence electrons. The number of hydrogen-bond donors (Lipinski definition) is 1. The number of carbonyl (C=O) groups is 1. The highest BCUT2D eigenvalue weighted by Gasteiger charge is 2.42. The van der Waals surface area contributed by atoms with Gasteiger partial charge in [-0.15, -0.1) is 0 Å². The minimum Gasteiger partial charge on any atom is -0.491 e. The summed E-state index contributed by atoms with van der Waals surface area (Å²) >= 11 is 0. The number of hydrogen-bond acceptors (Lipinski definition) is 3. The molecule has 0 unspecified atom stereocenters. The highest BCUT2D eigenvalue weighted by molar-refractivity contribution is 5.93. The van der Waals surface area contributed by atoms with E-state index < -0.39 is 46.7 Å². The Kier molecular flexibility index (Phi) is 3.12. The molecule has 0 radical (unpaired) electrons. The molecule has 1 aromatic heterocycles. The lowest BCUT2D eigenvalue weighted by Gasteiger charge is -2.17. The topological polar surface area (TPSA) is 68.5 Å². The van der Waals surface area contributed by atoms with E-state index in [4.69, 9.17) is 4.74 Å². The smallest absolute Gasteiger partial charge is 0.352 e. The predicted molar refractivity (Wildman–Crippen MR) is 70.2 cm³/mol. The van der Waals surface area contributed by atoms with Crippen LogP contribution in [0.25, 0.3) is 10.9 Å². The Bertz CT molecular complexity index is 862. The molecule has 0 amide bonds. The average molecular weight is 313 g/mol. The number of ether oxygens (including phenoxy) is 1. The van der Waals surface area contributed by atoms with Gasteiger partial charge in [0.1, 0.15) is 11.9 Å². The Morgan fingerprint density at radius 2 is 2.05 bits per heavy atom. The van der Waals surface area contributed by atoms with E-state index in [9.17, 15) is 27.9 Å². The van der Waals surface area contributed by atoms with Crippen molar-refractivity contribution < 1.29 is 27.8 Å². The quantitative estimate of drug-likeness (QED) is 0.944. The van der Waals surface area contributed by atoms with Crippen LogP contribution in [0.2, 0.25) is 0 Å². The zero-order valence-corrected chi connectivity index (χ0v) is 11.3. The van der Waals surface area contributed by atoms with Crippen molar-refractivity contribution in [2.45, 2.75) is 18.6 Å². The molecule has 1 aliphatic carbocycles. The van der Waals surface area contributed by atoms with Crippen LogP contribution in [-0.2, 0) is 0 Å². The number of pyridine rings is 1. The number of methoxy groups -OCH3 is 1. The highest BCUT2D eigenvalue weighted by Crippen LogP contribution is 2.43. The first-order valence-electron chi connectivity index (χ1n) is 6.35. The molecule has 5 nitrogen and oxygen atoms in total. The SMILES string of the molecule is COc1c(F)c(F)cc2c(=O)cc(C(=O)O)n([C@@H]3C[C@@H]3F)c12. The van der Waals surface area contributed by atoms with Crippen LogP contribution in [0.3, 0.4) is 0 Å². The van der Waals surface area contributed by atoms with Crippen LogP contribution >= 0.6 is 0 Å². The molecule has 1 fully saturated rings. The summed E-state index contributed by atoms with van der Waals surface area (Å²) in [6.07, 6.45) is -1.29. The second kappa shape index (κ2) is 4.75. The molecule has 0 spiro atoms. The monoisotopic (exact) mass is 313 g/mol. The Morgan fingerprint density at radius 3 is 2.55 bits per heavy atom. The maximum atomic E-state index is 13.9. The maximum absolute atomic E-state index is 13.9. The molecule has 1 aliphatic rings. The van der Waals surface area contributed by atoms with Crippen LogP contribution in [-0.4, -0.2) is 28.9 Å². The molecule has 3 rings (SSSR count). The van der Waals surface area contributed by atoms with E-state index in [1.165, 1.54) is 0 Å². The normalized spacial score (nSPS) is 20.2. The molecule has 0 bridgehead atoms. The van der Waals surface area contributed by atoms with Gasteiger partial charge in [-0.05, 0) is 6.07 Å². The molecule has 2 atom stereocenters. The molecule has 22 heavy (non-hydrogen) atoms. The molecule has 1 N–H and O–H groups in total. The fraction of sp³-hybridized carbons (Fsp3) is 0.286. The molecular formula is C14H10F3NO4. The number of alkyl halides is 1. The Morgan fingerprint density at radius 1 is 1.41 bits per heavy atom. The fourth-order valence-electron chi connectivity index (χ4n) is 2.53. The molecule has 0 aliphatic heterocycles. The molecule has 1 saturated carbocycles. The van der Waals surface area contributed by atoms with E-state index in [1.54, 1.807) is 0 Å². The maximum Gasteiger partial charge on any atom is 0.352 e. The van der Waals surface area contributed by atoms with E-state index in [2.05, 4.69) is 0 Å². The number of aromatic nitrogens is 1. The van der Waals surface area contributed by atoms with E-state index in [1.807, 2.05) is 0 Å². The first-order chi connectivity index (χ1) is 10.4. The largest absolute Gasteiger partial charge is 0.491 e. The van der Waals surface area contributed by atoms with Gasteiger partial charge in [-0.1, -0.05) is 0 Å². The number of nitrogens with zero attached hydrogens (tertiary/aromatic N) is 1. The molecule has 8 heteroatoms. The van der Waals surface area contributed by atoms with Crippen LogP contribution in [0.4, 0.5) is 13.2 Å². The van der Waals surface area contributed by atoms with Gasteiger partial charge in [-0.3, -0.25) is 4.79 Å². The van der Waals surface area contributed by atoms with Gasteiger partial charge in [0.2, 0.25) is 5.82 Å². The van der Waals surface area contributed by atoms with Crippen molar-refractivity contribution in [3.63, 3.8) is 0 Å². The first kappa shape index (κ1) is 14.4. The summed E-state index contributed by atoms with van der Waals surface area (Å²) in [4.78, 5) is 23.3. The standard InChI is InChI=1S/C14H10F3NO4/c1-22-13-11(17)7(16)2-5-10(19)4-9(14(20)21)18(12(5)13)8-3-6(8)15/h2,4,6,8H,3H2,1H3,(H,20,21)/t6-,8+/m0/s1. The summed E-state index contributed by atoms with van der Waals surface area (Å²) in [5, 5.41) is 8.95. The van der Waals surface area contributed by atoms with Gasteiger partial charge < -0.3 is 14.4 Å². The Labute approximate surface area is 121 Å². The number of aromatic carboxylic acids is 1. The van der Waals surface area contributed by atoms with Gasteiger partial charge in [0.05, 0.1) is 24.1 Å². The fourth-order valence-corrected chi connectivity index (χ4v) is 2.53. The summed E-state index contributed by atoms with van der Waals surface area (Å²) in [5.74, 6) is -4.75. The number of carboxylic acid groups (broad SMARTS) is 1. The van der Waals surface area contributed by atoms with Crippen LogP contribution in [0, 0.1) is 11.6 Å². The average Bonchev–Trinajstić information content (AvgIpc) is 3.17. The van der Waals surface area contributed by atoms with Crippen LogP contribution < -0.4 is 10.2 Å². The van der Waals surface area contributed by atoms with Crippen molar-refractivity contribution in [2.24, 2.45) is 0 Å². The summed E-state index contributed by atoms with van der Waals surface area (Å²) in [5.41, 5.74) is -1.56. The minimum absolute atomic E-state index is 0.0282. The van der Waals surface area contributed by atoms with Gasteiger partial charge in [0, 0.05) is 12.5 Å². The third kappa shape index (κ3) is 1.94. The summed E-state index contributed by atoms with van der Waals surface area (Å²) in [7, 11) is 1.05. The van der Waals surface area contributed by atoms with Gasteiger partial charge in [0.15, 0.2) is 17.0 Å². The zero-order valence-electron chi connectivity index (χ0n) is 11.3. The highest BCUT2D eigenvalue weighted by atomic mass is 19.2. The third-order valence-corrected chi connectivity index (χ3v) is 3.62. The van der Waals surface area contributed by atoms with Crippen LogP contribution in [0.1, 0.15) is 23.0 Å². The van der Waals surface area contributed by atoms with Crippen molar-refractivity contribution in [3.05, 3.63) is 39.7 Å². The lowest BCUT2D eigenvalue weighted by molar-refractivity contribution is 0.0684. The minimum atomic E-state index is -1.47.